The van der Waals surface area contributed by atoms with Crippen LogP contribution in [-0.2, 0) is 13.5 Å². The highest BCUT2D eigenvalue weighted by atomic mass is 32.2. The standard InChI is InChI=1S/C12H16FN5S/c1-3-9(14)7-8-5-4-6-10(13)11(8)19-12-15-16-17-18(12)2/h4-6,9H,3,7,14H2,1-2H3. The maximum absolute atomic E-state index is 14.0. The minimum Gasteiger partial charge on any atom is -0.327 e. The second-order valence-corrected chi connectivity index (χ2v) is 5.27. The van der Waals surface area contributed by atoms with Gasteiger partial charge in [-0.25, -0.2) is 9.07 Å². The first-order valence-electron chi connectivity index (χ1n) is 6.05. The summed E-state index contributed by atoms with van der Waals surface area (Å²) < 4.78 is 15.5. The molecular formula is C12H16FN5S. The first-order valence-corrected chi connectivity index (χ1v) is 6.86. The van der Waals surface area contributed by atoms with Crippen molar-refractivity contribution in [1.29, 1.82) is 0 Å². The molecule has 5 nitrogen and oxygen atoms in total. The molecule has 0 saturated carbocycles. The third-order valence-electron chi connectivity index (χ3n) is 2.83. The van der Waals surface area contributed by atoms with Gasteiger partial charge in [0.05, 0.1) is 4.90 Å². The summed E-state index contributed by atoms with van der Waals surface area (Å²) in [7, 11) is 1.72. The number of rotatable bonds is 5. The summed E-state index contributed by atoms with van der Waals surface area (Å²) in [6.07, 6.45) is 1.49. The van der Waals surface area contributed by atoms with E-state index in [4.69, 9.17) is 5.73 Å². The summed E-state index contributed by atoms with van der Waals surface area (Å²) in [5.74, 6) is -0.270. The Morgan fingerprint density at radius 1 is 1.47 bits per heavy atom. The Hall–Kier alpha value is -1.47. The highest BCUT2D eigenvalue weighted by Crippen LogP contribution is 2.31. The molecule has 1 heterocycles. The normalized spacial score (nSPS) is 12.6. The Morgan fingerprint density at radius 2 is 2.26 bits per heavy atom. The summed E-state index contributed by atoms with van der Waals surface area (Å²) in [6.45, 7) is 2.02. The van der Waals surface area contributed by atoms with Crippen molar-refractivity contribution in [1.82, 2.24) is 20.2 Å². The summed E-state index contributed by atoms with van der Waals surface area (Å²) in [4.78, 5) is 0.546. The molecule has 0 aliphatic heterocycles. The number of nitrogens with zero attached hydrogens (tertiary/aromatic N) is 4. The first-order chi connectivity index (χ1) is 9.11. The van der Waals surface area contributed by atoms with Crippen molar-refractivity contribution >= 4 is 11.8 Å². The zero-order chi connectivity index (χ0) is 13.8. The number of aromatic nitrogens is 4. The van der Waals surface area contributed by atoms with E-state index in [1.165, 1.54) is 22.5 Å². The average Bonchev–Trinajstić information content (AvgIpc) is 2.79. The van der Waals surface area contributed by atoms with Crippen molar-refractivity contribution < 1.29 is 4.39 Å². The lowest BCUT2D eigenvalue weighted by molar-refractivity contribution is 0.584. The molecule has 0 aliphatic carbocycles. The predicted molar refractivity (Wildman–Crippen MR) is 71.3 cm³/mol. The summed E-state index contributed by atoms with van der Waals surface area (Å²) in [5.41, 5.74) is 6.84. The van der Waals surface area contributed by atoms with Gasteiger partial charge in [-0.3, -0.25) is 0 Å². The first kappa shape index (κ1) is 14.0. The predicted octanol–water partition coefficient (Wildman–Crippen LogP) is 1.78. The van der Waals surface area contributed by atoms with Crippen LogP contribution in [-0.4, -0.2) is 26.2 Å². The molecule has 7 heteroatoms. The van der Waals surface area contributed by atoms with Crippen molar-refractivity contribution in [3.8, 4) is 0 Å². The third kappa shape index (κ3) is 3.30. The molecule has 102 valence electrons. The average molecular weight is 281 g/mol. The van der Waals surface area contributed by atoms with Crippen LogP contribution in [0, 0.1) is 5.82 Å². The van der Waals surface area contributed by atoms with Gasteiger partial charge >= 0.3 is 0 Å². The van der Waals surface area contributed by atoms with Gasteiger partial charge in [-0.15, -0.1) is 5.10 Å². The van der Waals surface area contributed by atoms with E-state index < -0.39 is 0 Å². The lowest BCUT2D eigenvalue weighted by Gasteiger charge is -2.13. The fraction of sp³-hybridized carbons (Fsp3) is 0.417. The smallest absolute Gasteiger partial charge is 0.213 e. The van der Waals surface area contributed by atoms with Crippen LogP contribution in [0.15, 0.2) is 28.3 Å². The van der Waals surface area contributed by atoms with Crippen molar-refractivity contribution in [3.05, 3.63) is 29.6 Å². The van der Waals surface area contributed by atoms with Gasteiger partial charge in [0.15, 0.2) is 0 Å². The van der Waals surface area contributed by atoms with Gasteiger partial charge in [-0.05, 0) is 46.7 Å². The minimum atomic E-state index is -0.270. The van der Waals surface area contributed by atoms with Gasteiger partial charge < -0.3 is 5.73 Å². The van der Waals surface area contributed by atoms with Crippen molar-refractivity contribution in [2.24, 2.45) is 12.8 Å². The number of tetrazole rings is 1. The molecule has 1 unspecified atom stereocenters. The van der Waals surface area contributed by atoms with Gasteiger partial charge in [0.1, 0.15) is 5.82 Å². The second-order valence-electron chi connectivity index (χ2n) is 4.29. The molecule has 0 spiro atoms. The Bertz CT molecular complexity index is 557. The quantitative estimate of drug-likeness (QED) is 0.904. The topological polar surface area (TPSA) is 69.6 Å². The van der Waals surface area contributed by atoms with Crippen LogP contribution >= 0.6 is 11.8 Å². The molecule has 0 amide bonds. The van der Waals surface area contributed by atoms with E-state index in [1.54, 1.807) is 13.1 Å². The molecule has 1 aromatic carbocycles. The number of halogens is 1. The molecule has 2 N–H and O–H groups in total. The molecule has 0 fully saturated rings. The molecule has 1 atom stereocenters. The van der Waals surface area contributed by atoms with Crippen molar-refractivity contribution in [2.75, 3.05) is 0 Å². The molecule has 1 aromatic heterocycles. The van der Waals surface area contributed by atoms with Gasteiger partial charge in [0.2, 0.25) is 5.16 Å². The number of hydrogen-bond donors (Lipinski definition) is 1. The Balaban J connectivity index is 2.30. The van der Waals surface area contributed by atoms with E-state index >= 15 is 0 Å². The molecule has 0 saturated heterocycles. The van der Waals surface area contributed by atoms with E-state index in [0.29, 0.717) is 16.5 Å². The molecule has 0 bridgehead atoms. The zero-order valence-corrected chi connectivity index (χ0v) is 11.7. The highest BCUT2D eigenvalue weighted by molar-refractivity contribution is 7.99. The molecule has 2 aromatic rings. The van der Waals surface area contributed by atoms with Gasteiger partial charge in [-0.2, -0.15) is 0 Å². The zero-order valence-electron chi connectivity index (χ0n) is 10.9. The monoisotopic (exact) mass is 281 g/mol. The molecular weight excluding hydrogens is 265 g/mol. The molecule has 0 aliphatic rings. The number of hydrogen-bond acceptors (Lipinski definition) is 5. The van der Waals surface area contributed by atoms with Crippen LogP contribution in [0.3, 0.4) is 0 Å². The largest absolute Gasteiger partial charge is 0.327 e. The van der Waals surface area contributed by atoms with E-state index in [9.17, 15) is 4.39 Å². The van der Waals surface area contributed by atoms with E-state index in [-0.39, 0.29) is 11.9 Å². The number of benzene rings is 1. The second kappa shape index (κ2) is 6.12. The van der Waals surface area contributed by atoms with E-state index in [1.807, 2.05) is 13.0 Å². The van der Waals surface area contributed by atoms with Crippen molar-refractivity contribution in [2.45, 2.75) is 35.9 Å². The van der Waals surface area contributed by atoms with Crippen LogP contribution in [0.25, 0.3) is 0 Å². The molecule has 2 rings (SSSR count). The third-order valence-corrected chi connectivity index (χ3v) is 4.02. The summed E-state index contributed by atoms with van der Waals surface area (Å²) >= 11 is 1.22. The molecule has 0 radical (unpaired) electrons. The minimum absolute atomic E-state index is 0.0266. The Labute approximate surface area is 115 Å². The van der Waals surface area contributed by atoms with Crippen molar-refractivity contribution in [3.63, 3.8) is 0 Å². The lowest BCUT2D eigenvalue weighted by Crippen LogP contribution is -2.21. The van der Waals surface area contributed by atoms with E-state index in [0.717, 1.165) is 12.0 Å². The summed E-state index contributed by atoms with van der Waals surface area (Å²) in [6, 6.07) is 5.06. The Kier molecular flexibility index (Phi) is 4.49. The highest BCUT2D eigenvalue weighted by Gasteiger charge is 2.15. The fourth-order valence-electron chi connectivity index (χ4n) is 1.65. The van der Waals surface area contributed by atoms with Crippen LogP contribution in [0.2, 0.25) is 0 Å². The summed E-state index contributed by atoms with van der Waals surface area (Å²) in [5, 5.41) is 11.7. The van der Waals surface area contributed by atoms with Gasteiger partial charge in [0.25, 0.3) is 0 Å². The number of aryl methyl sites for hydroxylation is 1. The number of nitrogens with two attached hydrogens (primary N) is 1. The SMILES string of the molecule is CCC(N)Cc1cccc(F)c1Sc1nnnn1C. The van der Waals surface area contributed by atoms with E-state index in [2.05, 4.69) is 15.5 Å². The van der Waals surface area contributed by atoms with Crippen LogP contribution in [0.4, 0.5) is 4.39 Å². The maximum Gasteiger partial charge on any atom is 0.213 e. The van der Waals surface area contributed by atoms with Crippen LogP contribution in [0.5, 0.6) is 0 Å². The Morgan fingerprint density at radius 3 is 2.89 bits per heavy atom. The van der Waals surface area contributed by atoms with Gasteiger partial charge in [0, 0.05) is 13.1 Å². The fourth-order valence-corrected chi connectivity index (χ4v) is 2.53. The van der Waals surface area contributed by atoms with Crippen LogP contribution in [0.1, 0.15) is 18.9 Å². The molecule has 19 heavy (non-hydrogen) atoms. The van der Waals surface area contributed by atoms with Gasteiger partial charge in [-0.1, -0.05) is 19.1 Å². The maximum atomic E-state index is 14.0. The van der Waals surface area contributed by atoms with Crippen LogP contribution < -0.4 is 5.73 Å². The lowest BCUT2D eigenvalue weighted by atomic mass is 10.0.